The molecular formula is C16H10IN3O. The number of fused-ring (bicyclic) bond motifs is 2. The van der Waals surface area contributed by atoms with E-state index >= 15 is 0 Å². The number of para-hydroxylation sites is 1. The van der Waals surface area contributed by atoms with Crippen molar-refractivity contribution in [2.45, 2.75) is 0 Å². The molecule has 0 atom stereocenters. The summed E-state index contributed by atoms with van der Waals surface area (Å²) in [6.07, 6.45) is 1.97. The van der Waals surface area contributed by atoms with E-state index in [0.29, 0.717) is 0 Å². The molecule has 4 rings (SSSR count). The Hall–Kier alpha value is -2.15. The lowest BCUT2D eigenvalue weighted by Gasteiger charge is -1.95. The molecule has 102 valence electrons. The molecule has 0 fully saturated rings. The van der Waals surface area contributed by atoms with Crippen molar-refractivity contribution >= 4 is 43.3 Å². The van der Waals surface area contributed by atoms with Crippen LogP contribution >= 0.6 is 22.6 Å². The Balaban J connectivity index is 1.96. The third kappa shape index (κ3) is 2.04. The number of aromatic amines is 1. The number of hydrogen-bond donors (Lipinski definition) is 2. The van der Waals surface area contributed by atoms with E-state index in [1.165, 1.54) is 0 Å². The molecule has 1 aliphatic rings. The van der Waals surface area contributed by atoms with Gasteiger partial charge in [0.05, 0.1) is 5.36 Å². The van der Waals surface area contributed by atoms with Gasteiger partial charge < -0.3 is 10.1 Å². The summed E-state index contributed by atoms with van der Waals surface area (Å²) in [6.45, 7) is 0. The fourth-order valence-corrected chi connectivity index (χ4v) is 3.05. The van der Waals surface area contributed by atoms with Crippen LogP contribution in [0.25, 0.3) is 17.0 Å². The van der Waals surface area contributed by atoms with Crippen LogP contribution in [0.1, 0.15) is 11.1 Å². The van der Waals surface area contributed by atoms with Gasteiger partial charge in [-0.15, -0.1) is 10.2 Å². The Bertz CT molecular complexity index is 1020. The molecular weight excluding hydrogens is 377 g/mol. The number of nitrogens with zero attached hydrogens (tertiary/aromatic N) is 2. The fraction of sp³-hybridized carbons (Fsp3) is 0. The van der Waals surface area contributed by atoms with Crippen molar-refractivity contribution in [3.8, 4) is 5.88 Å². The smallest absolute Gasteiger partial charge is 0.196 e. The van der Waals surface area contributed by atoms with Crippen molar-refractivity contribution < 1.29 is 5.11 Å². The minimum Gasteiger partial charge on any atom is -0.494 e. The lowest BCUT2D eigenvalue weighted by molar-refractivity contribution is 0.457. The topological polar surface area (TPSA) is 60.7 Å². The largest absolute Gasteiger partial charge is 0.494 e. The zero-order valence-corrected chi connectivity index (χ0v) is 13.0. The van der Waals surface area contributed by atoms with Crippen LogP contribution < -0.4 is 10.6 Å². The molecule has 4 nitrogen and oxygen atoms in total. The van der Waals surface area contributed by atoms with Crippen molar-refractivity contribution in [1.29, 1.82) is 0 Å². The average Bonchev–Trinajstić information content (AvgIpc) is 3.01. The maximum Gasteiger partial charge on any atom is 0.196 e. The first-order chi connectivity index (χ1) is 10.2. The molecule has 0 aliphatic carbocycles. The van der Waals surface area contributed by atoms with E-state index in [2.05, 4.69) is 37.8 Å². The second kappa shape index (κ2) is 4.70. The van der Waals surface area contributed by atoms with E-state index in [9.17, 15) is 5.11 Å². The van der Waals surface area contributed by atoms with Crippen LogP contribution in [0, 0.1) is 0 Å². The normalized spacial score (nSPS) is 14.1. The molecule has 5 heteroatoms. The Kier molecular flexibility index (Phi) is 2.81. The first-order valence-electron chi connectivity index (χ1n) is 6.45. The third-order valence-corrected chi connectivity index (χ3v) is 4.32. The zero-order chi connectivity index (χ0) is 14.4. The average molecular weight is 387 g/mol. The highest BCUT2D eigenvalue weighted by atomic mass is 127. The van der Waals surface area contributed by atoms with Crippen LogP contribution in [-0.4, -0.2) is 13.8 Å². The first kappa shape index (κ1) is 12.6. The highest BCUT2D eigenvalue weighted by Gasteiger charge is 2.10. The van der Waals surface area contributed by atoms with Crippen LogP contribution in [-0.2, 0) is 0 Å². The molecule has 1 aromatic heterocycles. The Morgan fingerprint density at radius 3 is 2.86 bits per heavy atom. The van der Waals surface area contributed by atoms with Crippen molar-refractivity contribution in [3.05, 3.63) is 64.2 Å². The van der Waals surface area contributed by atoms with Gasteiger partial charge >= 0.3 is 0 Å². The van der Waals surface area contributed by atoms with Crippen molar-refractivity contribution in [2.24, 2.45) is 10.2 Å². The van der Waals surface area contributed by atoms with Gasteiger partial charge in [-0.1, -0.05) is 24.3 Å². The van der Waals surface area contributed by atoms with Crippen molar-refractivity contribution in [3.63, 3.8) is 0 Å². The lowest BCUT2D eigenvalue weighted by atomic mass is 10.1. The van der Waals surface area contributed by atoms with E-state index in [1.54, 1.807) is 0 Å². The van der Waals surface area contributed by atoms with Gasteiger partial charge in [0, 0.05) is 22.0 Å². The van der Waals surface area contributed by atoms with E-state index in [-0.39, 0.29) is 5.88 Å². The molecule has 0 saturated carbocycles. The summed E-state index contributed by atoms with van der Waals surface area (Å²) in [4.78, 5) is 2.99. The molecule has 0 unspecified atom stereocenters. The van der Waals surface area contributed by atoms with Crippen LogP contribution in [0.2, 0.25) is 0 Å². The van der Waals surface area contributed by atoms with E-state index < -0.39 is 0 Å². The predicted octanol–water partition coefficient (Wildman–Crippen LogP) is 2.43. The maximum atomic E-state index is 10.1. The maximum absolute atomic E-state index is 10.1. The van der Waals surface area contributed by atoms with Gasteiger partial charge in [-0.25, -0.2) is 0 Å². The van der Waals surface area contributed by atoms with Crippen LogP contribution in [0.4, 0.5) is 0 Å². The Morgan fingerprint density at radius 1 is 1.10 bits per heavy atom. The highest BCUT2D eigenvalue weighted by molar-refractivity contribution is 14.1. The lowest BCUT2D eigenvalue weighted by Crippen LogP contribution is -2.13. The summed E-state index contributed by atoms with van der Waals surface area (Å²) in [7, 11) is 0. The van der Waals surface area contributed by atoms with E-state index in [1.807, 2.05) is 48.5 Å². The molecule has 2 heterocycles. The van der Waals surface area contributed by atoms with Crippen LogP contribution in [0.5, 0.6) is 5.88 Å². The molecule has 0 bridgehead atoms. The van der Waals surface area contributed by atoms with Gasteiger partial charge in [0.1, 0.15) is 3.72 Å². The molecule has 2 N–H and O–H groups in total. The number of benzene rings is 2. The van der Waals surface area contributed by atoms with Gasteiger partial charge in [-0.3, -0.25) is 0 Å². The van der Waals surface area contributed by atoms with Crippen LogP contribution in [0.3, 0.4) is 0 Å². The minimum atomic E-state index is 0.185. The summed E-state index contributed by atoms with van der Waals surface area (Å²) >= 11 is 2.18. The monoisotopic (exact) mass is 387 g/mol. The van der Waals surface area contributed by atoms with Gasteiger partial charge in [-0.05, 0) is 52.1 Å². The number of nitrogens with one attached hydrogen (secondary N) is 1. The summed E-state index contributed by atoms with van der Waals surface area (Å²) in [6, 6.07) is 13.8. The molecule has 0 spiro atoms. The molecule has 0 radical (unpaired) electrons. The van der Waals surface area contributed by atoms with Gasteiger partial charge in [0.25, 0.3) is 0 Å². The quantitative estimate of drug-likeness (QED) is 0.620. The summed E-state index contributed by atoms with van der Waals surface area (Å²) in [5, 5.41) is 21.2. The molecule has 0 saturated heterocycles. The summed E-state index contributed by atoms with van der Waals surface area (Å²) in [5.41, 5.74) is 2.75. The number of halogens is 1. The number of aromatic nitrogens is 1. The third-order valence-electron chi connectivity index (χ3n) is 3.52. The number of H-pyrrole nitrogens is 1. The molecule has 1 aliphatic heterocycles. The van der Waals surface area contributed by atoms with Crippen molar-refractivity contribution in [1.82, 2.24) is 4.98 Å². The Labute approximate surface area is 133 Å². The standard InChI is InChI=1S/C16H10IN3O/c17-15-12-8-9(5-6-14(12)19-20-15)7-11-10-3-1-2-4-13(10)18-16(11)21/h1-8,18,21H. The highest BCUT2D eigenvalue weighted by Crippen LogP contribution is 2.27. The van der Waals surface area contributed by atoms with Crippen molar-refractivity contribution in [2.75, 3.05) is 0 Å². The minimum absolute atomic E-state index is 0.185. The molecule has 3 aromatic rings. The zero-order valence-electron chi connectivity index (χ0n) is 10.8. The van der Waals surface area contributed by atoms with Gasteiger partial charge in [0.15, 0.2) is 5.88 Å². The van der Waals surface area contributed by atoms with E-state index in [0.717, 1.165) is 36.3 Å². The predicted molar refractivity (Wildman–Crippen MR) is 91.3 cm³/mol. The molecule has 21 heavy (non-hydrogen) atoms. The van der Waals surface area contributed by atoms with Gasteiger partial charge in [-0.2, -0.15) is 0 Å². The summed E-state index contributed by atoms with van der Waals surface area (Å²) < 4.78 is 0.890. The van der Waals surface area contributed by atoms with Gasteiger partial charge in [0.2, 0.25) is 0 Å². The molecule has 0 amide bonds. The first-order valence-corrected chi connectivity index (χ1v) is 7.53. The summed E-state index contributed by atoms with van der Waals surface area (Å²) in [5.74, 6) is 0.185. The second-order valence-electron chi connectivity index (χ2n) is 4.84. The van der Waals surface area contributed by atoms with E-state index in [4.69, 9.17) is 0 Å². The number of hydrogen-bond acceptors (Lipinski definition) is 3. The number of aromatic hydroxyl groups is 1. The number of rotatable bonds is 1. The Morgan fingerprint density at radius 2 is 1.95 bits per heavy atom. The second-order valence-corrected chi connectivity index (χ2v) is 5.87. The molecule has 2 aromatic carbocycles. The SMILES string of the molecule is Oc1[nH]c2ccccc2c1C=c1ccc2c(c1)C(I)=NN=2. The van der Waals surface area contributed by atoms with Crippen LogP contribution in [0.15, 0.2) is 52.7 Å². The fourth-order valence-electron chi connectivity index (χ4n) is 2.51.